The van der Waals surface area contributed by atoms with Gasteiger partial charge in [0.2, 0.25) is 5.95 Å². The fourth-order valence-electron chi connectivity index (χ4n) is 1.41. The summed E-state index contributed by atoms with van der Waals surface area (Å²) in [7, 11) is 0. The number of unbranched alkanes of at least 4 members (excludes halogenated alkanes) is 3. The van der Waals surface area contributed by atoms with Crippen LogP contribution in [0.1, 0.15) is 25.7 Å². The average molecular weight is 240 g/mol. The van der Waals surface area contributed by atoms with E-state index in [1.807, 2.05) is 17.8 Å². The van der Waals surface area contributed by atoms with E-state index in [2.05, 4.69) is 21.5 Å². The van der Waals surface area contributed by atoms with Crippen molar-refractivity contribution in [1.82, 2.24) is 9.97 Å². The molecule has 90 valence electrons. The van der Waals surface area contributed by atoms with Crippen molar-refractivity contribution >= 4 is 23.5 Å². The lowest BCUT2D eigenvalue weighted by Crippen LogP contribution is -2.05. The Hall–Kier alpha value is -0.970. The first-order valence-corrected chi connectivity index (χ1v) is 7.03. The highest BCUT2D eigenvalue weighted by molar-refractivity contribution is 7.98. The molecule has 0 unspecified atom stereocenters. The number of nitrogens with two attached hydrogens (primary N) is 1. The molecule has 16 heavy (non-hydrogen) atoms. The highest BCUT2D eigenvalue weighted by Gasteiger charge is 1.94. The van der Waals surface area contributed by atoms with Gasteiger partial charge in [0.1, 0.15) is 5.82 Å². The number of thioether (sulfide) groups is 1. The molecule has 0 aliphatic carbocycles. The van der Waals surface area contributed by atoms with Gasteiger partial charge in [-0.15, -0.1) is 0 Å². The molecule has 1 heterocycles. The molecule has 0 atom stereocenters. The lowest BCUT2D eigenvalue weighted by Gasteiger charge is -2.05. The number of hydrogen-bond acceptors (Lipinski definition) is 5. The molecule has 0 aromatic carbocycles. The summed E-state index contributed by atoms with van der Waals surface area (Å²) in [5, 5.41) is 3.24. The Morgan fingerprint density at radius 1 is 1.31 bits per heavy atom. The van der Waals surface area contributed by atoms with Crippen molar-refractivity contribution < 1.29 is 0 Å². The first-order valence-electron chi connectivity index (χ1n) is 5.64. The van der Waals surface area contributed by atoms with Gasteiger partial charge in [-0.1, -0.05) is 12.8 Å². The zero-order chi connectivity index (χ0) is 11.6. The summed E-state index contributed by atoms with van der Waals surface area (Å²) in [5.74, 6) is 2.41. The summed E-state index contributed by atoms with van der Waals surface area (Å²) in [6, 6.07) is 1.84. The third-order valence-corrected chi connectivity index (χ3v) is 2.95. The molecule has 0 fully saturated rings. The largest absolute Gasteiger partial charge is 0.370 e. The Balaban J connectivity index is 2.03. The van der Waals surface area contributed by atoms with Crippen molar-refractivity contribution in [3.63, 3.8) is 0 Å². The van der Waals surface area contributed by atoms with Crippen molar-refractivity contribution in [2.75, 3.05) is 29.6 Å². The normalized spacial score (nSPS) is 10.3. The minimum Gasteiger partial charge on any atom is -0.370 e. The fraction of sp³-hybridized carbons (Fsp3) is 0.636. The highest BCUT2D eigenvalue weighted by atomic mass is 32.2. The van der Waals surface area contributed by atoms with Gasteiger partial charge in [-0.3, -0.25) is 0 Å². The smallest absolute Gasteiger partial charge is 0.221 e. The second kappa shape index (κ2) is 8.21. The van der Waals surface area contributed by atoms with Crippen LogP contribution in [0.2, 0.25) is 0 Å². The van der Waals surface area contributed by atoms with Crippen LogP contribution in [0.4, 0.5) is 11.8 Å². The number of nitrogen functional groups attached to an aromatic ring is 1. The van der Waals surface area contributed by atoms with Crippen molar-refractivity contribution in [2.24, 2.45) is 0 Å². The number of aromatic nitrogens is 2. The van der Waals surface area contributed by atoms with Crippen LogP contribution in [0, 0.1) is 0 Å². The number of hydrogen-bond donors (Lipinski definition) is 2. The van der Waals surface area contributed by atoms with Gasteiger partial charge in [0, 0.05) is 12.7 Å². The maximum absolute atomic E-state index is 5.48. The van der Waals surface area contributed by atoms with Crippen LogP contribution in [0.5, 0.6) is 0 Å². The molecule has 0 saturated carbocycles. The number of nitrogens with zero attached hydrogens (tertiary/aromatic N) is 2. The van der Waals surface area contributed by atoms with E-state index in [0.717, 1.165) is 12.4 Å². The summed E-state index contributed by atoms with van der Waals surface area (Å²) >= 11 is 1.92. The molecule has 3 N–H and O–H groups in total. The number of rotatable bonds is 8. The zero-order valence-corrected chi connectivity index (χ0v) is 10.6. The maximum Gasteiger partial charge on any atom is 0.221 e. The van der Waals surface area contributed by atoms with Gasteiger partial charge in [-0.05, 0) is 30.9 Å². The average Bonchev–Trinajstić information content (AvgIpc) is 2.28. The SMILES string of the molecule is CSCCCCCCNc1ccnc(N)n1. The summed E-state index contributed by atoms with van der Waals surface area (Å²) < 4.78 is 0. The summed E-state index contributed by atoms with van der Waals surface area (Å²) in [5.41, 5.74) is 5.48. The quantitative estimate of drug-likeness (QED) is 0.683. The molecule has 0 bridgehead atoms. The second-order valence-corrected chi connectivity index (χ2v) is 4.62. The zero-order valence-electron chi connectivity index (χ0n) is 9.78. The van der Waals surface area contributed by atoms with E-state index in [4.69, 9.17) is 5.73 Å². The van der Waals surface area contributed by atoms with Crippen LogP contribution in [0.25, 0.3) is 0 Å². The molecule has 4 nitrogen and oxygen atoms in total. The molecule has 0 spiro atoms. The van der Waals surface area contributed by atoms with Gasteiger partial charge >= 0.3 is 0 Å². The van der Waals surface area contributed by atoms with Gasteiger partial charge < -0.3 is 11.1 Å². The van der Waals surface area contributed by atoms with E-state index in [9.17, 15) is 0 Å². The summed E-state index contributed by atoms with van der Waals surface area (Å²) in [6.45, 7) is 0.954. The standard InChI is InChI=1S/C11H20N4S/c1-16-9-5-3-2-4-7-13-10-6-8-14-11(12)15-10/h6,8H,2-5,7,9H2,1H3,(H3,12,13,14,15). The van der Waals surface area contributed by atoms with Gasteiger partial charge in [-0.2, -0.15) is 16.7 Å². The van der Waals surface area contributed by atoms with Crippen LogP contribution in [-0.4, -0.2) is 28.5 Å². The van der Waals surface area contributed by atoms with E-state index in [1.165, 1.54) is 31.4 Å². The van der Waals surface area contributed by atoms with Gasteiger partial charge in [0.05, 0.1) is 0 Å². The topological polar surface area (TPSA) is 63.8 Å². The first-order chi connectivity index (χ1) is 7.83. The summed E-state index contributed by atoms with van der Waals surface area (Å²) in [6.07, 6.45) is 8.91. The number of nitrogens with one attached hydrogen (secondary N) is 1. The lowest BCUT2D eigenvalue weighted by molar-refractivity contribution is 0.688. The summed E-state index contributed by atoms with van der Waals surface area (Å²) in [4.78, 5) is 7.91. The molecule has 0 aliphatic rings. The van der Waals surface area contributed by atoms with E-state index < -0.39 is 0 Å². The van der Waals surface area contributed by atoms with Crippen LogP contribution >= 0.6 is 11.8 Å². The van der Waals surface area contributed by atoms with Crippen LogP contribution in [0.3, 0.4) is 0 Å². The third kappa shape index (κ3) is 5.80. The molecule has 1 aromatic rings. The van der Waals surface area contributed by atoms with Crippen molar-refractivity contribution in [3.05, 3.63) is 12.3 Å². The Morgan fingerprint density at radius 2 is 2.12 bits per heavy atom. The third-order valence-electron chi connectivity index (χ3n) is 2.26. The second-order valence-electron chi connectivity index (χ2n) is 3.63. The van der Waals surface area contributed by atoms with E-state index >= 15 is 0 Å². The molecule has 1 aromatic heterocycles. The van der Waals surface area contributed by atoms with Gasteiger partial charge in [0.15, 0.2) is 0 Å². The van der Waals surface area contributed by atoms with E-state index in [0.29, 0.717) is 5.95 Å². The Kier molecular flexibility index (Phi) is 6.72. The lowest BCUT2D eigenvalue weighted by atomic mass is 10.2. The molecule has 0 saturated heterocycles. The van der Waals surface area contributed by atoms with E-state index in [1.54, 1.807) is 6.20 Å². The van der Waals surface area contributed by atoms with Crippen LogP contribution in [0.15, 0.2) is 12.3 Å². The Labute approximate surface area is 101 Å². The van der Waals surface area contributed by atoms with E-state index in [-0.39, 0.29) is 0 Å². The monoisotopic (exact) mass is 240 g/mol. The van der Waals surface area contributed by atoms with Crippen LogP contribution in [-0.2, 0) is 0 Å². The molecular weight excluding hydrogens is 220 g/mol. The molecule has 0 amide bonds. The van der Waals surface area contributed by atoms with Crippen LogP contribution < -0.4 is 11.1 Å². The van der Waals surface area contributed by atoms with Gasteiger partial charge in [0.25, 0.3) is 0 Å². The predicted octanol–water partition coefficient (Wildman–Crippen LogP) is 2.39. The minimum absolute atomic E-state index is 0.324. The van der Waals surface area contributed by atoms with Crippen molar-refractivity contribution in [3.8, 4) is 0 Å². The Morgan fingerprint density at radius 3 is 2.88 bits per heavy atom. The number of anilines is 2. The first kappa shape index (κ1) is 13.1. The molecule has 0 aliphatic heterocycles. The fourth-order valence-corrected chi connectivity index (χ4v) is 1.91. The minimum atomic E-state index is 0.324. The maximum atomic E-state index is 5.48. The predicted molar refractivity (Wildman–Crippen MR) is 71.8 cm³/mol. The molecular formula is C11H20N4S. The highest BCUT2D eigenvalue weighted by Crippen LogP contribution is 2.06. The molecule has 5 heteroatoms. The molecule has 1 rings (SSSR count). The molecule has 0 radical (unpaired) electrons. The van der Waals surface area contributed by atoms with Gasteiger partial charge in [-0.25, -0.2) is 4.98 Å². The van der Waals surface area contributed by atoms with Crippen molar-refractivity contribution in [2.45, 2.75) is 25.7 Å². The van der Waals surface area contributed by atoms with Crippen molar-refractivity contribution in [1.29, 1.82) is 0 Å². The Bertz CT molecular complexity index is 293.